The van der Waals surface area contributed by atoms with Gasteiger partial charge in [0.1, 0.15) is 11.6 Å². The molecular weight excluding hydrogens is 309 g/mol. The highest BCUT2D eigenvalue weighted by Gasteiger charge is 2.29. The zero-order valence-corrected chi connectivity index (χ0v) is 13.6. The Balaban J connectivity index is 1.49. The minimum Gasteiger partial charge on any atom is -0.305 e. The summed E-state index contributed by atoms with van der Waals surface area (Å²) in [5.74, 6) is 0.0521. The molecule has 1 aliphatic heterocycles. The molecule has 5 nitrogen and oxygen atoms in total. The number of imidazole rings is 1. The molecular formula is C18H22FN3O2. The number of hydrogen-bond acceptors (Lipinski definition) is 3. The second kappa shape index (κ2) is 6.16. The molecule has 0 amide bonds. The predicted molar refractivity (Wildman–Crippen MR) is 89.6 cm³/mol. The van der Waals surface area contributed by atoms with Gasteiger partial charge in [-0.15, -0.1) is 0 Å². The zero-order valence-electron chi connectivity index (χ0n) is 13.6. The number of aromatic amines is 1. The number of hydrogen-bond donors (Lipinski definition) is 1. The number of carbonyl (C=O) groups is 1. The Kier molecular flexibility index (Phi) is 4.00. The van der Waals surface area contributed by atoms with Crippen molar-refractivity contribution in [3.63, 3.8) is 0 Å². The lowest BCUT2D eigenvalue weighted by Gasteiger charge is -2.39. The molecule has 0 spiro atoms. The highest BCUT2D eigenvalue weighted by molar-refractivity contribution is 5.79. The first-order chi connectivity index (χ1) is 11.6. The Labute approximate surface area is 139 Å². The minimum absolute atomic E-state index is 0.151. The van der Waals surface area contributed by atoms with Gasteiger partial charge in [0.05, 0.1) is 11.0 Å². The fourth-order valence-corrected chi connectivity index (χ4v) is 4.26. The summed E-state index contributed by atoms with van der Waals surface area (Å²) in [6.07, 6.45) is 5.17. The summed E-state index contributed by atoms with van der Waals surface area (Å²) in [6, 6.07) is 5.12. The second-order valence-corrected chi connectivity index (χ2v) is 7.00. The summed E-state index contributed by atoms with van der Waals surface area (Å²) in [4.78, 5) is 28.9. The van der Waals surface area contributed by atoms with E-state index in [1.54, 1.807) is 10.6 Å². The van der Waals surface area contributed by atoms with Crippen LogP contribution in [0.5, 0.6) is 0 Å². The van der Waals surface area contributed by atoms with Crippen LogP contribution in [0.1, 0.15) is 44.6 Å². The maximum atomic E-state index is 13.3. The first-order valence-corrected chi connectivity index (χ1v) is 8.77. The lowest BCUT2D eigenvalue weighted by molar-refractivity contribution is -0.121. The number of nitrogens with zero attached hydrogens (tertiary/aromatic N) is 2. The van der Waals surface area contributed by atoms with Crippen LogP contribution in [0.25, 0.3) is 11.0 Å². The van der Waals surface area contributed by atoms with Gasteiger partial charge in [0, 0.05) is 38.0 Å². The van der Waals surface area contributed by atoms with Crippen molar-refractivity contribution < 1.29 is 9.18 Å². The quantitative estimate of drug-likeness (QED) is 0.920. The van der Waals surface area contributed by atoms with Gasteiger partial charge >= 0.3 is 5.69 Å². The van der Waals surface area contributed by atoms with Crippen LogP contribution in [0, 0.1) is 5.82 Å². The fraction of sp³-hybridized carbons (Fsp3) is 0.556. The van der Waals surface area contributed by atoms with Crippen molar-refractivity contribution in [2.75, 3.05) is 13.1 Å². The van der Waals surface area contributed by atoms with Crippen LogP contribution in [0.15, 0.2) is 23.0 Å². The predicted octanol–water partition coefficient (Wildman–Crippen LogP) is 2.62. The number of Topliss-reactive ketones (excluding diaryl/α,β-unsaturated/α-hetero) is 1. The monoisotopic (exact) mass is 331 g/mol. The number of piperidine rings is 1. The Morgan fingerprint density at radius 3 is 2.42 bits per heavy atom. The van der Waals surface area contributed by atoms with Crippen LogP contribution < -0.4 is 5.69 Å². The molecule has 1 saturated carbocycles. The van der Waals surface area contributed by atoms with E-state index in [0.29, 0.717) is 30.2 Å². The zero-order chi connectivity index (χ0) is 16.7. The highest BCUT2D eigenvalue weighted by Crippen LogP contribution is 2.29. The lowest BCUT2D eigenvalue weighted by Crippen LogP contribution is -2.44. The molecule has 1 N–H and O–H groups in total. The smallest absolute Gasteiger partial charge is 0.305 e. The molecule has 2 aliphatic rings. The standard InChI is InChI=1S/C18H22FN3O2/c19-12-1-6-17-16(11-12)20-18(24)22(17)14-7-9-21(10-8-14)13-2-4-15(23)5-3-13/h1,6,11,13-14H,2-5,7-10H2,(H,20,24). The van der Waals surface area contributed by atoms with E-state index in [-0.39, 0.29) is 17.5 Å². The van der Waals surface area contributed by atoms with E-state index < -0.39 is 0 Å². The number of H-pyrrole nitrogens is 1. The summed E-state index contributed by atoms with van der Waals surface area (Å²) in [7, 11) is 0. The molecule has 1 saturated heterocycles. The molecule has 4 rings (SSSR count). The lowest BCUT2D eigenvalue weighted by atomic mass is 9.91. The van der Waals surface area contributed by atoms with Crippen molar-refractivity contribution in [3.05, 3.63) is 34.5 Å². The molecule has 0 radical (unpaired) electrons. The summed E-state index contributed by atoms with van der Waals surface area (Å²) in [5.41, 5.74) is 1.19. The van der Waals surface area contributed by atoms with Crippen molar-refractivity contribution in [2.24, 2.45) is 0 Å². The van der Waals surface area contributed by atoms with Crippen molar-refractivity contribution in [1.29, 1.82) is 0 Å². The molecule has 0 unspecified atom stereocenters. The van der Waals surface area contributed by atoms with Crippen LogP contribution in [0.3, 0.4) is 0 Å². The molecule has 128 valence electrons. The summed E-state index contributed by atoms with van der Waals surface area (Å²) < 4.78 is 15.1. The minimum atomic E-state index is -0.336. The molecule has 1 aliphatic carbocycles. The molecule has 6 heteroatoms. The van der Waals surface area contributed by atoms with Gasteiger partial charge in [0.15, 0.2) is 0 Å². The first kappa shape index (κ1) is 15.6. The van der Waals surface area contributed by atoms with E-state index in [2.05, 4.69) is 9.88 Å². The summed E-state index contributed by atoms with van der Waals surface area (Å²) >= 11 is 0. The van der Waals surface area contributed by atoms with Gasteiger partial charge in [-0.3, -0.25) is 9.36 Å². The SMILES string of the molecule is O=C1CCC(N2CCC(n3c(=O)[nH]c4cc(F)ccc43)CC2)CC1. The second-order valence-electron chi connectivity index (χ2n) is 7.00. The van der Waals surface area contributed by atoms with Crippen LogP contribution in [0.4, 0.5) is 4.39 Å². The third-order valence-corrected chi connectivity index (χ3v) is 5.57. The van der Waals surface area contributed by atoms with Crippen LogP contribution in [0.2, 0.25) is 0 Å². The van der Waals surface area contributed by atoms with Gasteiger partial charge in [0.25, 0.3) is 0 Å². The van der Waals surface area contributed by atoms with Crippen LogP contribution >= 0.6 is 0 Å². The Morgan fingerprint density at radius 1 is 1.00 bits per heavy atom. The van der Waals surface area contributed by atoms with Crippen molar-refractivity contribution >= 4 is 16.8 Å². The van der Waals surface area contributed by atoms with Crippen molar-refractivity contribution in [3.8, 4) is 0 Å². The molecule has 0 bridgehead atoms. The highest BCUT2D eigenvalue weighted by atomic mass is 19.1. The number of aromatic nitrogens is 2. The molecule has 24 heavy (non-hydrogen) atoms. The molecule has 1 aromatic carbocycles. The van der Waals surface area contributed by atoms with Gasteiger partial charge in [-0.2, -0.15) is 0 Å². The van der Waals surface area contributed by atoms with E-state index in [0.717, 1.165) is 44.3 Å². The number of likely N-dealkylation sites (tertiary alicyclic amines) is 1. The fourth-order valence-electron chi connectivity index (χ4n) is 4.26. The largest absolute Gasteiger partial charge is 0.326 e. The van der Waals surface area contributed by atoms with E-state index in [4.69, 9.17) is 0 Å². The van der Waals surface area contributed by atoms with Crippen molar-refractivity contribution in [1.82, 2.24) is 14.5 Å². The number of fused-ring (bicyclic) bond motifs is 1. The van der Waals surface area contributed by atoms with Crippen LogP contribution in [-0.2, 0) is 4.79 Å². The van der Waals surface area contributed by atoms with Gasteiger partial charge < -0.3 is 9.88 Å². The Bertz CT molecular complexity index is 807. The third-order valence-electron chi connectivity index (χ3n) is 5.57. The van der Waals surface area contributed by atoms with E-state index in [1.165, 1.54) is 12.1 Å². The number of ketones is 1. The van der Waals surface area contributed by atoms with Crippen LogP contribution in [-0.4, -0.2) is 39.4 Å². The van der Waals surface area contributed by atoms with Gasteiger partial charge in [-0.05, 0) is 43.9 Å². The molecule has 1 aromatic heterocycles. The van der Waals surface area contributed by atoms with Gasteiger partial charge in [-0.25, -0.2) is 9.18 Å². The summed E-state index contributed by atoms with van der Waals surface area (Å²) in [5, 5.41) is 0. The van der Waals surface area contributed by atoms with E-state index in [1.807, 2.05) is 0 Å². The Morgan fingerprint density at radius 2 is 1.71 bits per heavy atom. The molecule has 2 aromatic rings. The molecule has 0 atom stereocenters. The normalized spacial score (nSPS) is 21.6. The average molecular weight is 331 g/mol. The average Bonchev–Trinajstić information content (AvgIpc) is 2.90. The molecule has 2 fully saturated rings. The van der Waals surface area contributed by atoms with Gasteiger partial charge in [0.2, 0.25) is 0 Å². The van der Waals surface area contributed by atoms with E-state index >= 15 is 0 Å². The number of benzene rings is 1. The third kappa shape index (κ3) is 2.79. The maximum Gasteiger partial charge on any atom is 0.326 e. The topological polar surface area (TPSA) is 58.1 Å². The first-order valence-electron chi connectivity index (χ1n) is 8.77. The number of halogens is 1. The van der Waals surface area contributed by atoms with Crippen molar-refractivity contribution in [2.45, 2.75) is 50.6 Å². The number of rotatable bonds is 2. The molecule has 2 heterocycles. The van der Waals surface area contributed by atoms with E-state index in [9.17, 15) is 14.0 Å². The Hall–Kier alpha value is -1.95. The number of nitrogens with one attached hydrogen (secondary N) is 1. The number of carbonyl (C=O) groups excluding carboxylic acids is 1. The van der Waals surface area contributed by atoms with Gasteiger partial charge in [-0.1, -0.05) is 0 Å². The maximum absolute atomic E-state index is 13.3. The summed E-state index contributed by atoms with van der Waals surface area (Å²) in [6.45, 7) is 1.90.